The fourth-order valence-electron chi connectivity index (χ4n) is 0.819. The van der Waals surface area contributed by atoms with Crippen LogP contribution in [0.3, 0.4) is 0 Å². The van der Waals surface area contributed by atoms with Gasteiger partial charge < -0.3 is 4.57 Å². The smallest absolute Gasteiger partial charge is 0.191 e. The molecule has 0 aliphatic carbocycles. The van der Waals surface area contributed by atoms with Crippen LogP contribution in [0.4, 0.5) is 0 Å². The fourth-order valence-corrected chi connectivity index (χ4v) is 1.59. The van der Waals surface area contributed by atoms with E-state index >= 15 is 0 Å². The molecule has 0 fully saturated rings. The highest BCUT2D eigenvalue weighted by molar-refractivity contribution is 7.99. The van der Waals surface area contributed by atoms with Crippen molar-refractivity contribution in [3.8, 4) is 0 Å². The molecule has 62 valence electrons. The molecule has 4 heteroatoms. The van der Waals surface area contributed by atoms with Gasteiger partial charge in [-0.3, -0.25) is 0 Å². The first-order valence-electron chi connectivity index (χ1n) is 3.78. The van der Waals surface area contributed by atoms with Crippen LogP contribution in [0.25, 0.3) is 0 Å². The molecule has 1 aromatic heterocycles. The zero-order valence-electron chi connectivity index (χ0n) is 7.11. The maximum Gasteiger partial charge on any atom is 0.191 e. The molecule has 0 unspecified atom stereocenters. The lowest BCUT2D eigenvalue weighted by Crippen LogP contribution is -2.00. The van der Waals surface area contributed by atoms with E-state index in [4.69, 9.17) is 0 Å². The minimum atomic E-state index is 0.457. The van der Waals surface area contributed by atoms with Gasteiger partial charge in [0.25, 0.3) is 0 Å². The quantitative estimate of drug-likeness (QED) is 0.651. The van der Waals surface area contributed by atoms with Crippen LogP contribution in [0.5, 0.6) is 0 Å². The van der Waals surface area contributed by atoms with Crippen LogP contribution in [0.1, 0.15) is 26.8 Å². The molecule has 0 spiro atoms. The van der Waals surface area contributed by atoms with Crippen molar-refractivity contribution in [3.05, 3.63) is 6.33 Å². The lowest BCUT2D eigenvalue weighted by atomic mass is 10.4. The Morgan fingerprint density at radius 2 is 2.36 bits per heavy atom. The summed E-state index contributed by atoms with van der Waals surface area (Å²) in [5.41, 5.74) is 0. The van der Waals surface area contributed by atoms with Crippen molar-refractivity contribution in [1.82, 2.24) is 14.8 Å². The Hall–Kier alpha value is -0.510. The number of rotatable bonds is 3. The van der Waals surface area contributed by atoms with E-state index < -0.39 is 0 Å². The number of nitrogens with zero attached hydrogens (tertiary/aromatic N) is 3. The third-order valence-electron chi connectivity index (χ3n) is 1.37. The molecule has 0 bridgehead atoms. The predicted molar refractivity (Wildman–Crippen MR) is 46.8 cm³/mol. The second-order valence-electron chi connectivity index (χ2n) is 2.55. The molecule has 1 heterocycles. The summed E-state index contributed by atoms with van der Waals surface area (Å²) in [6.07, 6.45) is 1.78. The Balaban J connectivity index is 2.78. The number of thioether (sulfide) groups is 1. The summed E-state index contributed by atoms with van der Waals surface area (Å²) in [5, 5.41) is 8.87. The molecule has 1 aromatic rings. The van der Waals surface area contributed by atoms with Crippen LogP contribution in [-0.4, -0.2) is 20.5 Å². The first-order chi connectivity index (χ1) is 5.25. The lowest BCUT2D eigenvalue weighted by Gasteiger charge is -2.07. The Labute approximate surface area is 71.2 Å². The second kappa shape index (κ2) is 3.76. The SMILES string of the molecule is CCSc1nncn1C(C)C. The van der Waals surface area contributed by atoms with Crippen molar-refractivity contribution in [2.24, 2.45) is 0 Å². The summed E-state index contributed by atoms with van der Waals surface area (Å²) in [7, 11) is 0. The van der Waals surface area contributed by atoms with Crippen molar-refractivity contribution in [3.63, 3.8) is 0 Å². The molecule has 0 amide bonds. The van der Waals surface area contributed by atoms with Gasteiger partial charge in [-0.1, -0.05) is 18.7 Å². The van der Waals surface area contributed by atoms with Crippen LogP contribution in [0.15, 0.2) is 11.5 Å². The lowest BCUT2D eigenvalue weighted by molar-refractivity contribution is 0.549. The minimum absolute atomic E-state index is 0.457. The third kappa shape index (κ3) is 1.96. The van der Waals surface area contributed by atoms with Gasteiger partial charge in [-0.15, -0.1) is 10.2 Å². The highest BCUT2D eigenvalue weighted by atomic mass is 32.2. The van der Waals surface area contributed by atoms with Gasteiger partial charge in [0, 0.05) is 6.04 Å². The van der Waals surface area contributed by atoms with Gasteiger partial charge in [0.15, 0.2) is 5.16 Å². The number of hydrogen-bond acceptors (Lipinski definition) is 3. The van der Waals surface area contributed by atoms with Gasteiger partial charge in [0.2, 0.25) is 0 Å². The van der Waals surface area contributed by atoms with Gasteiger partial charge in [-0.2, -0.15) is 0 Å². The van der Waals surface area contributed by atoms with Gasteiger partial charge in [-0.25, -0.2) is 0 Å². The first-order valence-corrected chi connectivity index (χ1v) is 4.76. The van der Waals surface area contributed by atoms with Crippen molar-refractivity contribution < 1.29 is 0 Å². The van der Waals surface area contributed by atoms with Gasteiger partial charge in [-0.05, 0) is 19.6 Å². The monoisotopic (exact) mass is 171 g/mol. The molecule has 0 atom stereocenters. The molecule has 1 rings (SSSR count). The standard InChI is InChI=1S/C7H13N3S/c1-4-11-7-9-8-5-10(7)6(2)3/h5-6H,4H2,1-3H3. The molecule has 0 saturated carbocycles. The summed E-state index contributed by atoms with van der Waals surface area (Å²) in [5.74, 6) is 1.05. The molecule has 11 heavy (non-hydrogen) atoms. The topological polar surface area (TPSA) is 30.7 Å². The van der Waals surface area contributed by atoms with E-state index in [-0.39, 0.29) is 0 Å². The highest BCUT2D eigenvalue weighted by Crippen LogP contribution is 2.17. The van der Waals surface area contributed by atoms with E-state index in [0.717, 1.165) is 10.9 Å². The largest absolute Gasteiger partial charge is 0.306 e. The van der Waals surface area contributed by atoms with E-state index in [9.17, 15) is 0 Å². The van der Waals surface area contributed by atoms with E-state index in [2.05, 4.69) is 35.5 Å². The summed E-state index contributed by atoms with van der Waals surface area (Å²) in [6.45, 7) is 6.37. The average molecular weight is 171 g/mol. The summed E-state index contributed by atoms with van der Waals surface area (Å²) < 4.78 is 2.08. The van der Waals surface area contributed by atoms with Crippen LogP contribution in [-0.2, 0) is 0 Å². The summed E-state index contributed by atoms with van der Waals surface area (Å²) in [4.78, 5) is 0. The molecule has 3 nitrogen and oxygen atoms in total. The van der Waals surface area contributed by atoms with Crippen LogP contribution >= 0.6 is 11.8 Å². The minimum Gasteiger partial charge on any atom is -0.306 e. The van der Waals surface area contributed by atoms with E-state index in [1.807, 2.05) is 0 Å². The first kappa shape index (κ1) is 8.59. The maximum atomic E-state index is 4.00. The van der Waals surface area contributed by atoms with Gasteiger partial charge in [0.05, 0.1) is 0 Å². The third-order valence-corrected chi connectivity index (χ3v) is 2.21. The summed E-state index contributed by atoms with van der Waals surface area (Å²) in [6, 6.07) is 0.457. The number of aromatic nitrogens is 3. The van der Waals surface area contributed by atoms with Crippen LogP contribution in [0, 0.1) is 0 Å². The molecule has 0 N–H and O–H groups in total. The Kier molecular flexibility index (Phi) is 2.93. The van der Waals surface area contributed by atoms with E-state index in [0.29, 0.717) is 6.04 Å². The Morgan fingerprint density at radius 3 is 2.91 bits per heavy atom. The second-order valence-corrected chi connectivity index (χ2v) is 3.78. The molecule has 0 aliphatic rings. The molecular weight excluding hydrogens is 158 g/mol. The fraction of sp³-hybridized carbons (Fsp3) is 0.714. The Bertz CT molecular complexity index is 219. The van der Waals surface area contributed by atoms with Crippen molar-refractivity contribution >= 4 is 11.8 Å². The average Bonchev–Trinajstić information content (AvgIpc) is 2.36. The Morgan fingerprint density at radius 1 is 1.64 bits per heavy atom. The zero-order chi connectivity index (χ0) is 8.27. The van der Waals surface area contributed by atoms with Crippen molar-refractivity contribution in [2.75, 3.05) is 5.75 Å². The maximum absolute atomic E-state index is 4.00. The molecule has 0 aromatic carbocycles. The normalized spacial score (nSPS) is 10.9. The predicted octanol–water partition coefficient (Wildman–Crippen LogP) is 1.97. The van der Waals surface area contributed by atoms with E-state index in [1.165, 1.54) is 0 Å². The van der Waals surface area contributed by atoms with E-state index in [1.54, 1.807) is 18.1 Å². The van der Waals surface area contributed by atoms with Crippen molar-refractivity contribution in [1.29, 1.82) is 0 Å². The molecular formula is C7H13N3S. The zero-order valence-corrected chi connectivity index (χ0v) is 7.93. The number of hydrogen-bond donors (Lipinski definition) is 0. The molecule has 0 saturated heterocycles. The molecule has 0 aliphatic heterocycles. The van der Waals surface area contributed by atoms with Crippen LogP contribution < -0.4 is 0 Å². The van der Waals surface area contributed by atoms with Gasteiger partial charge in [0.1, 0.15) is 6.33 Å². The molecule has 0 radical (unpaired) electrons. The highest BCUT2D eigenvalue weighted by Gasteiger charge is 2.05. The van der Waals surface area contributed by atoms with Gasteiger partial charge >= 0.3 is 0 Å². The van der Waals surface area contributed by atoms with Crippen LogP contribution in [0.2, 0.25) is 0 Å². The van der Waals surface area contributed by atoms with Crippen molar-refractivity contribution in [2.45, 2.75) is 32.0 Å². The summed E-state index contributed by atoms with van der Waals surface area (Å²) >= 11 is 1.73.